The molecule has 0 saturated carbocycles. The van der Waals surface area contributed by atoms with E-state index in [1.54, 1.807) is 6.26 Å². The SMILES string of the molecule is CCC(C)NC(=NCCCCSC)NCCc1ccco1. The molecule has 0 spiro atoms. The van der Waals surface area contributed by atoms with Crippen molar-refractivity contribution in [3.63, 3.8) is 0 Å². The Hall–Kier alpha value is -1.10. The van der Waals surface area contributed by atoms with Gasteiger partial charge in [0.2, 0.25) is 0 Å². The summed E-state index contributed by atoms with van der Waals surface area (Å²) in [6.45, 7) is 6.07. The van der Waals surface area contributed by atoms with Gasteiger partial charge in [0, 0.05) is 25.6 Å². The molecule has 1 rings (SSSR count). The highest BCUT2D eigenvalue weighted by Gasteiger charge is 2.03. The van der Waals surface area contributed by atoms with Crippen LogP contribution in [0, 0.1) is 0 Å². The summed E-state index contributed by atoms with van der Waals surface area (Å²) in [6.07, 6.45) is 8.20. The molecule has 0 aliphatic rings. The molecule has 5 heteroatoms. The molecule has 1 heterocycles. The van der Waals surface area contributed by atoms with Crippen LogP contribution in [0.15, 0.2) is 27.8 Å². The molecule has 0 saturated heterocycles. The normalized spacial score (nSPS) is 13.2. The Kier molecular flexibility index (Phi) is 9.87. The van der Waals surface area contributed by atoms with Crippen LogP contribution in [0.3, 0.4) is 0 Å². The zero-order valence-electron chi connectivity index (χ0n) is 13.5. The van der Waals surface area contributed by atoms with Gasteiger partial charge >= 0.3 is 0 Å². The van der Waals surface area contributed by atoms with Crippen LogP contribution in [0.4, 0.5) is 0 Å². The van der Waals surface area contributed by atoms with Gasteiger partial charge in [0.25, 0.3) is 0 Å². The van der Waals surface area contributed by atoms with Gasteiger partial charge in [-0.15, -0.1) is 0 Å². The van der Waals surface area contributed by atoms with E-state index in [0.717, 1.165) is 44.1 Å². The van der Waals surface area contributed by atoms with Gasteiger partial charge in [-0.1, -0.05) is 6.92 Å². The monoisotopic (exact) mass is 311 g/mol. The molecule has 4 nitrogen and oxygen atoms in total. The Balaban J connectivity index is 2.33. The predicted octanol–water partition coefficient (Wildman–Crippen LogP) is 3.30. The third-order valence-electron chi connectivity index (χ3n) is 3.27. The Morgan fingerprint density at radius 1 is 1.43 bits per heavy atom. The van der Waals surface area contributed by atoms with Crippen molar-refractivity contribution < 1.29 is 4.42 Å². The lowest BCUT2D eigenvalue weighted by Gasteiger charge is -2.16. The summed E-state index contributed by atoms with van der Waals surface area (Å²) in [4.78, 5) is 4.66. The van der Waals surface area contributed by atoms with Gasteiger partial charge < -0.3 is 15.1 Å². The first kappa shape index (κ1) is 18.0. The number of aliphatic imine (C=N–C) groups is 1. The average Bonchev–Trinajstić information content (AvgIpc) is 2.99. The number of rotatable bonds is 10. The first-order valence-electron chi connectivity index (χ1n) is 7.82. The highest BCUT2D eigenvalue weighted by molar-refractivity contribution is 7.98. The van der Waals surface area contributed by atoms with Crippen LogP contribution in [0.1, 0.15) is 38.9 Å². The van der Waals surface area contributed by atoms with E-state index in [1.165, 1.54) is 12.2 Å². The van der Waals surface area contributed by atoms with E-state index >= 15 is 0 Å². The van der Waals surface area contributed by atoms with Crippen molar-refractivity contribution in [1.29, 1.82) is 0 Å². The number of nitrogens with zero attached hydrogens (tertiary/aromatic N) is 1. The number of unbranched alkanes of at least 4 members (excludes halogenated alkanes) is 1. The Morgan fingerprint density at radius 2 is 2.29 bits per heavy atom. The van der Waals surface area contributed by atoms with E-state index in [4.69, 9.17) is 4.42 Å². The lowest BCUT2D eigenvalue weighted by Crippen LogP contribution is -2.42. The summed E-state index contributed by atoms with van der Waals surface area (Å²) in [5.41, 5.74) is 0. The molecule has 0 aromatic carbocycles. The number of hydrogen-bond acceptors (Lipinski definition) is 3. The minimum atomic E-state index is 0.436. The zero-order chi connectivity index (χ0) is 15.3. The van der Waals surface area contributed by atoms with Gasteiger partial charge in [-0.25, -0.2) is 0 Å². The van der Waals surface area contributed by atoms with Crippen molar-refractivity contribution in [2.45, 2.75) is 45.6 Å². The molecule has 0 aliphatic carbocycles. The van der Waals surface area contributed by atoms with Crippen LogP contribution < -0.4 is 10.6 Å². The lowest BCUT2D eigenvalue weighted by molar-refractivity contribution is 0.506. The summed E-state index contributed by atoms with van der Waals surface area (Å²) in [6, 6.07) is 4.36. The minimum Gasteiger partial charge on any atom is -0.469 e. The molecule has 120 valence electrons. The maximum atomic E-state index is 5.34. The van der Waals surface area contributed by atoms with Crippen molar-refractivity contribution >= 4 is 17.7 Å². The van der Waals surface area contributed by atoms with Crippen molar-refractivity contribution in [3.8, 4) is 0 Å². The van der Waals surface area contributed by atoms with E-state index in [2.05, 4.69) is 35.7 Å². The third kappa shape index (κ3) is 8.71. The summed E-state index contributed by atoms with van der Waals surface area (Å²) < 4.78 is 5.34. The van der Waals surface area contributed by atoms with Gasteiger partial charge in [0.05, 0.1) is 6.26 Å². The molecule has 21 heavy (non-hydrogen) atoms. The van der Waals surface area contributed by atoms with Crippen LogP contribution in [-0.4, -0.2) is 37.1 Å². The standard InChI is InChI=1S/C16H29N3OS/c1-4-14(2)19-16(17-10-5-6-13-21-3)18-11-9-15-8-7-12-20-15/h7-8,12,14H,4-6,9-11,13H2,1-3H3,(H2,17,18,19). The predicted molar refractivity (Wildman–Crippen MR) is 93.2 cm³/mol. The van der Waals surface area contributed by atoms with Crippen LogP contribution >= 0.6 is 11.8 Å². The van der Waals surface area contributed by atoms with Crippen LogP contribution in [0.5, 0.6) is 0 Å². The zero-order valence-corrected chi connectivity index (χ0v) is 14.3. The Bertz CT molecular complexity index is 379. The second-order valence-electron chi connectivity index (χ2n) is 5.14. The fourth-order valence-corrected chi connectivity index (χ4v) is 2.29. The summed E-state index contributed by atoms with van der Waals surface area (Å²) in [5, 5.41) is 6.83. The molecule has 1 aromatic heterocycles. The second kappa shape index (κ2) is 11.5. The van der Waals surface area contributed by atoms with Crippen molar-refractivity contribution in [1.82, 2.24) is 10.6 Å². The molecule has 2 N–H and O–H groups in total. The minimum absolute atomic E-state index is 0.436. The van der Waals surface area contributed by atoms with Gasteiger partial charge in [0.15, 0.2) is 5.96 Å². The van der Waals surface area contributed by atoms with Crippen molar-refractivity contribution in [2.75, 3.05) is 25.1 Å². The number of hydrogen-bond donors (Lipinski definition) is 2. The van der Waals surface area contributed by atoms with Gasteiger partial charge in [-0.3, -0.25) is 4.99 Å². The number of nitrogens with one attached hydrogen (secondary N) is 2. The Morgan fingerprint density at radius 3 is 2.95 bits per heavy atom. The van der Waals surface area contributed by atoms with Crippen molar-refractivity contribution in [3.05, 3.63) is 24.2 Å². The van der Waals surface area contributed by atoms with Gasteiger partial charge in [-0.05, 0) is 50.3 Å². The molecule has 0 radical (unpaired) electrons. The fourth-order valence-electron chi connectivity index (χ4n) is 1.80. The van der Waals surface area contributed by atoms with Gasteiger partial charge in [-0.2, -0.15) is 11.8 Å². The lowest BCUT2D eigenvalue weighted by atomic mass is 10.3. The second-order valence-corrected chi connectivity index (χ2v) is 6.13. The number of furan rings is 1. The Labute approximate surface area is 133 Å². The van der Waals surface area contributed by atoms with E-state index in [0.29, 0.717) is 6.04 Å². The van der Waals surface area contributed by atoms with Crippen molar-refractivity contribution in [2.24, 2.45) is 4.99 Å². The highest BCUT2D eigenvalue weighted by atomic mass is 32.2. The molecular weight excluding hydrogens is 282 g/mol. The molecule has 0 fully saturated rings. The summed E-state index contributed by atoms with van der Waals surface area (Å²) in [7, 11) is 0. The fraction of sp³-hybridized carbons (Fsp3) is 0.688. The quantitative estimate of drug-likeness (QED) is 0.395. The van der Waals surface area contributed by atoms with Crippen LogP contribution in [-0.2, 0) is 6.42 Å². The molecule has 0 aliphatic heterocycles. The first-order chi connectivity index (χ1) is 10.3. The maximum Gasteiger partial charge on any atom is 0.191 e. The van der Waals surface area contributed by atoms with E-state index in [1.807, 2.05) is 23.9 Å². The molecule has 1 aromatic rings. The van der Waals surface area contributed by atoms with E-state index < -0.39 is 0 Å². The van der Waals surface area contributed by atoms with Crippen LogP contribution in [0.2, 0.25) is 0 Å². The molecule has 0 amide bonds. The topological polar surface area (TPSA) is 49.6 Å². The van der Waals surface area contributed by atoms with Crippen LogP contribution in [0.25, 0.3) is 0 Å². The van der Waals surface area contributed by atoms with Gasteiger partial charge in [0.1, 0.15) is 5.76 Å². The first-order valence-corrected chi connectivity index (χ1v) is 9.21. The largest absolute Gasteiger partial charge is 0.469 e. The smallest absolute Gasteiger partial charge is 0.191 e. The highest BCUT2D eigenvalue weighted by Crippen LogP contribution is 2.00. The number of guanidine groups is 1. The van der Waals surface area contributed by atoms with E-state index in [9.17, 15) is 0 Å². The average molecular weight is 311 g/mol. The molecule has 0 bridgehead atoms. The van der Waals surface area contributed by atoms with E-state index in [-0.39, 0.29) is 0 Å². The maximum absolute atomic E-state index is 5.34. The molecular formula is C16H29N3OS. The molecule has 1 unspecified atom stereocenters. The number of thioether (sulfide) groups is 1. The third-order valence-corrected chi connectivity index (χ3v) is 3.96. The summed E-state index contributed by atoms with van der Waals surface area (Å²) >= 11 is 1.90. The molecule has 1 atom stereocenters. The summed E-state index contributed by atoms with van der Waals surface area (Å²) in [5.74, 6) is 3.14.